The molecule has 0 bridgehead atoms. The van der Waals surface area contributed by atoms with Crippen molar-refractivity contribution in [1.82, 2.24) is 4.31 Å². The molecule has 0 heterocycles. The standard InChI is InChI=1S/C19H24N2O4S/c1-5-21(13-19(22)20-16-8-6-7-14(2)11-16)26(23,24)18-12-15(3)9-10-17(18)25-4/h6-12H,5,13H2,1-4H3,(H,20,22). The van der Waals surface area contributed by atoms with Crippen LogP contribution in [0.1, 0.15) is 18.1 Å². The van der Waals surface area contributed by atoms with Gasteiger partial charge in [-0.05, 0) is 49.2 Å². The number of benzene rings is 2. The number of carbonyl (C=O) groups is 1. The Bertz CT molecular complexity index is 894. The van der Waals surface area contributed by atoms with Gasteiger partial charge in [0.2, 0.25) is 15.9 Å². The molecule has 0 fully saturated rings. The molecular formula is C19H24N2O4S. The van der Waals surface area contributed by atoms with Crippen LogP contribution in [-0.4, -0.2) is 38.8 Å². The summed E-state index contributed by atoms with van der Waals surface area (Å²) in [5, 5.41) is 2.73. The average Bonchev–Trinajstić information content (AvgIpc) is 2.59. The van der Waals surface area contributed by atoms with Crippen LogP contribution in [-0.2, 0) is 14.8 Å². The maximum absolute atomic E-state index is 13.0. The second-order valence-corrected chi connectivity index (χ2v) is 7.91. The van der Waals surface area contributed by atoms with E-state index in [1.807, 2.05) is 25.1 Å². The minimum absolute atomic E-state index is 0.0604. The van der Waals surface area contributed by atoms with Gasteiger partial charge in [-0.1, -0.05) is 25.1 Å². The molecular weight excluding hydrogens is 352 g/mol. The molecule has 1 N–H and O–H groups in total. The Morgan fingerprint density at radius 2 is 1.81 bits per heavy atom. The molecule has 0 aliphatic rings. The average molecular weight is 376 g/mol. The smallest absolute Gasteiger partial charge is 0.247 e. The third kappa shape index (κ3) is 4.62. The van der Waals surface area contributed by atoms with Gasteiger partial charge in [-0.2, -0.15) is 4.31 Å². The predicted molar refractivity (Wildman–Crippen MR) is 102 cm³/mol. The molecule has 0 aliphatic heterocycles. The third-order valence-electron chi connectivity index (χ3n) is 3.91. The fourth-order valence-electron chi connectivity index (χ4n) is 2.57. The van der Waals surface area contributed by atoms with E-state index in [2.05, 4.69) is 5.32 Å². The van der Waals surface area contributed by atoms with E-state index in [0.717, 1.165) is 15.4 Å². The number of ether oxygens (including phenoxy) is 1. The first-order valence-electron chi connectivity index (χ1n) is 8.29. The summed E-state index contributed by atoms with van der Waals surface area (Å²) in [6.07, 6.45) is 0. The van der Waals surface area contributed by atoms with E-state index in [0.29, 0.717) is 5.69 Å². The lowest BCUT2D eigenvalue weighted by Crippen LogP contribution is -2.38. The fourth-order valence-corrected chi connectivity index (χ4v) is 4.22. The molecule has 0 aromatic heterocycles. The Morgan fingerprint density at radius 3 is 2.42 bits per heavy atom. The molecule has 0 aliphatic carbocycles. The number of nitrogens with one attached hydrogen (secondary N) is 1. The largest absolute Gasteiger partial charge is 0.495 e. The Labute approximate surface area is 154 Å². The molecule has 6 nitrogen and oxygen atoms in total. The van der Waals surface area contributed by atoms with Crippen molar-refractivity contribution in [3.05, 3.63) is 53.6 Å². The van der Waals surface area contributed by atoms with Gasteiger partial charge >= 0.3 is 0 Å². The summed E-state index contributed by atoms with van der Waals surface area (Å²) >= 11 is 0. The summed E-state index contributed by atoms with van der Waals surface area (Å²) in [5.41, 5.74) is 2.44. The van der Waals surface area contributed by atoms with Crippen molar-refractivity contribution in [1.29, 1.82) is 0 Å². The SMILES string of the molecule is CCN(CC(=O)Nc1cccc(C)c1)S(=O)(=O)c1cc(C)ccc1OC. The second-order valence-electron chi connectivity index (χ2n) is 6.00. The van der Waals surface area contributed by atoms with E-state index in [-0.39, 0.29) is 23.7 Å². The number of methoxy groups -OCH3 is 1. The quantitative estimate of drug-likeness (QED) is 0.806. The molecule has 2 aromatic rings. The lowest BCUT2D eigenvalue weighted by Gasteiger charge is -2.21. The van der Waals surface area contributed by atoms with Crippen LogP contribution < -0.4 is 10.1 Å². The number of carbonyl (C=O) groups excluding carboxylic acids is 1. The highest BCUT2D eigenvalue weighted by atomic mass is 32.2. The molecule has 2 aromatic carbocycles. The molecule has 1 amide bonds. The summed E-state index contributed by atoms with van der Waals surface area (Å²) < 4.78 is 32.3. The lowest BCUT2D eigenvalue weighted by atomic mass is 10.2. The van der Waals surface area contributed by atoms with Crippen LogP contribution in [0.2, 0.25) is 0 Å². The van der Waals surface area contributed by atoms with Gasteiger partial charge in [0.15, 0.2) is 0 Å². The van der Waals surface area contributed by atoms with Gasteiger partial charge in [-0.3, -0.25) is 4.79 Å². The van der Waals surface area contributed by atoms with Gasteiger partial charge in [0.1, 0.15) is 10.6 Å². The van der Waals surface area contributed by atoms with Crippen molar-refractivity contribution in [3.8, 4) is 5.75 Å². The first-order chi connectivity index (χ1) is 12.3. The number of anilines is 1. The minimum atomic E-state index is -3.86. The van der Waals surface area contributed by atoms with E-state index >= 15 is 0 Å². The van der Waals surface area contributed by atoms with Crippen LogP contribution in [0.3, 0.4) is 0 Å². The van der Waals surface area contributed by atoms with Crippen molar-refractivity contribution in [2.75, 3.05) is 25.5 Å². The minimum Gasteiger partial charge on any atom is -0.495 e. The van der Waals surface area contributed by atoms with Gasteiger partial charge < -0.3 is 10.1 Å². The Kier molecular flexibility index (Phi) is 6.39. The Hall–Kier alpha value is -2.38. The van der Waals surface area contributed by atoms with Crippen LogP contribution >= 0.6 is 0 Å². The number of rotatable bonds is 7. The molecule has 0 unspecified atom stereocenters. The highest BCUT2D eigenvalue weighted by molar-refractivity contribution is 7.89. The topological polar surface area (TPSA) is 75.7 Å². The van der Waals surface area contributed by atoms with E-state index in [4.69, 9.17) is 4.74 Å². The normalized spacial score (nSPS) is 11.4. The zero-order chi connectivity index (χ0) is 19.3. The van der Waals surface area contributed by atoms with Gasteiger partial charge in [0.25, 0.3) is 0 Å². The molecule has 0 radical (unpaired) electrons. The van der Waals surface area contributed by atoms with Crippen molar-refractivity contribution in [2.45, 2.75) is 25.7 Å². The maximum Gasteiger partial charge on any atom is 0.247 e. The fraction of sp³-hybridized carbons (Fsp3) is 0.316. The zero-order valence-electron chi connectivity index (χ0n) is 15.4. The molecule has 2 rings (SSSR count). The molecule has 0 saturated carbocycles. The van der Waals surface area contributed by atoms with Crippen LogP contribution in [0.15, 0.2) is 47.4 Å². The summed E-state index contributed by atoms with van der Waals surface area (Å²) in [5.74, 6) is -0.138. The number of likely N-dealkylation sites (N-methyl/N-ethyl adjacent to an activating group) is 1. The highest BCUT2D eigenvalue weighted by Crippen LogP contribution is 2.27. The predicted octanol–water partition coefficient (Wildman–Crippen LogP) is 2.96. The highest BCUT2D eigenvalue weighted by Gasteiger charge is 2.28. The van der Waals surface area contributed by atoms with Crippen molar-refractivity contribution < 1.29 is 17.9 Å². The first kappa shape index (κ1) is 19.9. The van der Waals surface area contributed by atoms with Gasteiger partial charge in [0.05, 0.1) is 13.7 Å². The van der Waals surface area contributed by atoms with E-state index < -0.39 is 15.9 Å². The van der Waals surface area contributed by atoms with Gasteiger partial charge in [-0.15, -0.1) is 0 Å². The molecule has 7 heteroatoms. The first-order valence-corrected chi connectivity index (χ1v) is 9.73. The number of amides is 1. The van der Waals surface area contributed by atoms with Crippen molar-refractivity contribution >= 4 is 21.6 Å². The molecule has 140 valence electrons. The van der Waals surface area contributed by atoms with Gasteiger partial charge in [0, 0.05) is 12.2 Å². The van der Waals surface area contributed by atoms with E-state index in [1.165, 1.54) is 7.11 Å². The number of hydrogen-bond donors (Lipinski definition) is 1. The van der Waals surface area contributed by atoms with Crippen LogP contribution in [0, 0.1) is 13.8 Å². The van der Waals surface area contributed by atoms with Crippen LogP contribution in [0.25, 0.3) is 0 Å². The number of hydrogen-bond acceptors (Lipinski definition) is 4. The number of sulfonamides is 1. The Balaban J connectivity index is 2.24. The van der Waals surface area contributed by atoms with Crippen LogP contribution in [0.5, 0.6) is 5.75 Å². The summed E-state index contributed by atoms with van der Waals surface area (Å²) in [6.45, 7) is 5.31. The van der Waals surface area contributed by atoms with Crippen LogP contribution in [0.4, 0.5) is 5.69 Å². The molecule has 0 spiro atoms. The monoisotopic (exact) mass is 376 g/mol. The van der Waals surface area contributed by atoms with Crippen molar-refractivity contribution in [3.63, 3.8) is 0 Å². The molecule has 26 heavy (non-hydrogen) atoms. The second kappa shape index (κ2) is 8.33. The maximum atomic E-state index is 13.0. The van der Waals surface area contributed by atoms with E-state index in [9.17, 15) is 13.2 Å². The summed E-state index contributed by atoms with van der Waals surface area (Å²) in [7, 11) is -2.44. The lowest BCUT2D eigenvalue weighted by molar-refractivity contribution is -0.116. The van der Waals surface area contributed by atoms with E-state index in [1.54, 1.807) is 38.1 Å². The Morgan fingerprint density at radius 1 is 1.12 bits per heavy atom. The summed E-state index contributed by atoms with van der Waals surface area (Å²) in [6, 6.07) is 12.3. The zero-order valence-corrected chi connectivity index (χ0v) is 16.3. The number of nitrogens with zero attached hydrogens (tertiary/aromatic N) is 1. The molecule has 0 atom stereocenters. The van der Waals surface area contributed by atoms with Gasteiger partial charge in [-0.25, -0.2) is 8.42 Å². The summed E-state index contributed by atoms with van der Waals surface area (Å²) in [4.78, 5) is 12.4. The number of aryl methyl sites for hydroxylation is 2. The third-order valence-corrected chi connectivity index (χ3v) is 5.85. The molecule has 0 saturated heterocycles. The van der Waals surface area contributed by atoms with Crippen molar-refractivity contribution in [2.24, 2.45) is 0 Å².